The average Bonchev–Trinajstić information content (AvgIpc) is 3.01. The molecule has 0 unspecified atom stereocenters. The lowest BCUT2D eigenvalue weighted by atomic mass is 10.1. The second-order valence-corrected chi connectivity index (χ2v) is 8.37. The van der Waals surface area contributed by atoms with E-state index < -0.39 is 10.0 Å². The number of carbonyl (C=O) groups is 1. The summed E-state index contributed by atoms with van der Waals surface area (Å²) in [4.78, 5) is 13.6. The first-order valence-corrected chi connectivity index (χ1v) is 10.4. The van der Waals surface area contributed by atoms with E-state index in [1.54, 1.807) is 29.2 Å². The Kier molecular flexibility index (Phi) is 5.15. The van der Waals surface area contributed by atoms with Crippen molar-refractivity contribution in [3.63, 3.8) is 0 Å². The molecule has 0 aliphatic carbocycles. The van der Waals surface area contributed by atoms with Crippen LogP contribution in [0.5, 0.6) is 5.75 Å². The maximum absolute atomic E-state index is 12.9. The van der Waals surface area contributed by atoms with Crippen molar-refractivity contribution in [3.05, 3.63) is 47.0 Å². The second kappa shape index (κ2) is 7.23. The van der Waals surface area contributed by atoms with Crippen molar-refractivity contribution in [2.24, 2.45) is 0 Å². The molecule has 1 aliphatic heterocycles. The fraction of sp³-hybridized carbons (Fsp3) is 0.350. The Morgan fingerprint density at radius 2 is 1.85 bits per heavy atom. The van der Waals surface area contributed by atoms with E-state index in [0.29, 0.717) is 24.6 Å². The van der Waals surface area contributed by atoms with Crippen LogP contribution in [-0.4, -0.2) is 27.5 Å². The predicted molar refractivity (Wildman–Crippen MR) is 106 cm³/mol. The van der Waals surface area contributed by atoms with Gasteiger partial charge in [-0.1, -0.05) is 6.07 Å². The molecule has 3 rings (SSSR count). The molecule has 1 heterocycles. The van der Waals surface area contributed by atoms with Gasteiger partial charge in [0.2, 0.25) is 5.91 Å². The first kappa shape index (κ1) is 19.2. The van der Waals surface area contributed by atoms with E-state index in [1.165, 1.54) is 6.92 Å². The molecule has 27 heavy (non-hydrogen) atoms. The molecule has 1 amide bonds. The van der Waals surface area contributed by atoms with Crippen molar-refractivity contribution in [1.82, 2.24) is 0 Å². The Morgan fingerprint density at radius 3 is 2.44 bits per heavy atom. The monoisotopic (exact) mass is 388 g/mol. The molecule has 6 nitrogen and oxygen atoms in total. The van der Waals surface area contributed by atoms with Gasteiger partial charge in [-0.25, -0.2) is 8.42 Å². The summed E-state index contributed by atoms with van der Waals surface area (Å²) in [6, 6.07) is 8.53. The molecule has 2 aromatic carbocycles. The second-order valence-electron chi connectivity index (χ2n) is 6.69. The van der Waals surface area contributed by atoms with Gasteiger partial charge in [0.25, 0.3) is 10.0 Å². The van der Waals surface area contributed by atoms with Gasteiger partial charge in [-0.2, -0.15) is 0 Å². The minimum atomic E-state index is -3.75. The summed E-state index contributed by atoms with van der Waals surface area (Å²) >= 11 is 0. The van der Waals surface area contributed by atoms with E-state index in [4.69, 9.17) is 4.74 Å². The highest BCUT2D eigenvalue weighted by Gasteiger charge is 2.24. The normalized spacial score (nSPS) is 13.4. The van der Waals surface area contributed by atoms with Gasteiger partial charge >= 0.3 is 0 Å². The van der Waals surface area contributed by atoms with Crippen molar-refractivity contribution < 1.29 is 17.9 Å². The van der Waals surface area contributed by atoms with Crippen LogP contribution in [0.15, 0.2) is 35.2 Å². The summed E-state index contributed by atoms with van der Waals surface area (Å²) in [7, 11) is -3.75. The Morgan fingerprint density at radius 1 is 1.19 bits per heavy atom. The predicted octanol–water partition coefficient (Wildman–Crippen LogP) is 3.41. The van der Waals surface area contributed by atoms with E-state index in [9.17, 15) is 13.2 Å². The zero-order valence-corrected chi connectivity index (χ0v) is 16.8. The minimum absolute atomic E-state index is 0.0495. The lowest BCUT2D eigenvalue weighted by Gasteiger charge is -2.17. The number of anilines is 2. The van der Waals surface area contributed by atoms with E-state index in [1.807, 2.05) is 26.8 Å². The van der Waals surface area contributed by atoms with Crippen LogP contribution in [0.2, 0.25) is 0 Å². The Hall–Kier alpha value is -2.54. The molecule has 0 saturated carbocycles. The van der Waals surface area contributed by atoms with E-state index in [0.717, 1.165) is 28.8 Å². The van der Waals surface area contributed by atoms with Crippen LogP contribution >= 0.6 is 0 Å². The lowest BCUT2D eigenvalue weighted by Crippen LogP contribution is -2.25. The van der Waals surface area contributed by atoms with Crippen molar-refractivity contribution in [1.29, 1.82) is 0 Å². The van der Waals surface area contributed by atoms with Crippen LogP contribution in [0.1, 0.15) is 30.5 Å². The molecule has 0 spiro atoms. The van der Waals surface area contributed by atoms with Crippen LogP contribution in [-0.2, 0) is 21.2 Å². The number of hydrogen-bond donors (Lipinski definition) is 1. The van der Waals surface area contributed by atoms with Gasteiger partial charge in [0, 0.05) is 19.2 Å². The van der Waals surface area contributed by atoms with Gasteiger partial charge in [0.15, 0.2) is 0 Å². The van der Waals surface area contributed by atoms with Crippen molar-refractivity contribution >= 4 is 27.3 Å². The number of rotatable bonds is 5. The molecule has 7 heteroatoms. The summed E-state index contributed by atoms with van der Waals surface area (Å²) in [5.74, 6) is 0.664. The Balaban J connectivity index is 1.92. The number of amides is 1. The fourth-order valence-electron chi connectivity index (χ4n) is 3.42. The Bertz CT molecular complexity index is 976. The number of carbonyl (C=O) groups excluding carboxylic acids is 1. The molecule has 2 aromatic rings. The zero-order chi connectivity index (χ0) is 19.8. The summed E-state index contributed by atoms with van der Waals surface area (Å²) in [6.45, 7) is 8.21. The standard InChI is InChI=1S/C20H24N2O4S/c1-5-26-20-13(2)10-18(11-14(20)3)27(24,25)21-17-7-6-16-8-9-22(15(4)23)19(16)12-17/h6-7,10-12,21H,5,8-9H2,1-4H3. The van der Waals surface area contributed by atoms with Crippen LogP contribution in [0.4, 0.5) is 11.4 Å². The molecule has 0 saturated heterocycles. The van der Waals surface area contributed by atoms with Crippen molar-refractivity contribution in [2.45, 2.75) is 39.0 Å². The highest BCUT2D eigenvalue weighted by molar-refractivity contribution is 7.92. The zero-order valence-electron chi connectivity index (χ0n) is 16.0. The van der Waals surface area contributed by atoms with Gasteiger partial charge in [0.1, 0.15) is 5.75 Å². The SMILES string of the molecule is CCOc1c(C)cc(S(=O)(=O)Nc2ccc3c(c2)N(C(C)=O)CC3)cc1C. The molecule has 1 N–H and O–H groups in total. The number of benzene rings is 2. The van der Waals surface area contributed by atoms with Crippen LogP contribution in [0.25, 0.3) is 0 Å². The number of nitrogens with one attached hydrogen (secondary N) is 1. The summed E-state index contributed by atoms with van der Waals surface area (Å²) in [5, 5.41) is 0. The summed E-state index contributed by atoms with van der Waals surface area (Å²) in [5.41, 5.74) is 3.79. The van der Waals surface area contributed by atoms with Crippen LogP contribution in [0, 0.1) is 13.8 Å². The quantitative estimate of drug-likeness (QED) is 0.852. The highest BCUT2D eigenvalue weighted by Crippen LogP contribution is 2.32. The van der Waals surface area contributed by atoms with Gasteiger partial charge < -0.3 is 9.64 Å². The molecular formula is C20H24N2O4S. The third-order valence-electron chi connectivity index (χ3n) is 4.65. The number of fused-ring (bicyclic) bond motifs is 1. The molecular weight excluding hydrogens is 364 g/mol. The number of sulfonamides is 1. The van der Waals surface area contributed by atoms with Gasteiger partial charge in [0.05, 0.1) is 17.2 Å². The first-order chi connectivity index (χ1) is 12.7. The van der Waals surface area contributed by atoms with Crippen LogP contribution < -0.4 is 14.4 Å². The fourth-order valence-corrected chi connectivity index (χ4v) is 4.64. The lowest BCUT2D eigenvalue weighted by molar-refractivity contribution is -0.116. The molecule has 144 valence electrons. The maximum Gasteiger partial charge on any atom is 0.261 e. The number of nitrogens with zero attached hydrogens (tertiary/aromatic N) is 1. The first-order valence-electron chi connectivity index (χ1n) is 8.91. The van der Waals surface area contributed by atoms with Gasteiger partial charge in [-0.15, -0.1) is 0 Å². The number of hydrogen-bond acceptors (Lipinski definition) is 4. The van der Waals surface area contributed by atoms with Gasteiger partial charge in [-0.05, 0) is 68.1 Å². The third-order valence-corrected chi connectivity index (χ3v) is 6.01. The number of ether oxygens (including phenoxy) is 1. The molecule has 0 fully saturated rings. The maximum atomic E-state index is 12.9. The van der Waals surface area contributed by atoms with E-state index >= 15 is 0 Å². The topological polar surface area (TPSA) is 75.7 Å². The van der Waals surface area contributed by atoms with E-state index in [2.05, 4.69) is 4.72 Å². The van der Waals surface area contributed by atoms with Crippen molar-refractivity contribution in [3.8, 4) is 5.75 Å². The largest absolute Gasteiger partial charge is 0.493 e. The molecule has 0 aromatic heterocycles. The average molecular weight is 388 g/mol. The van der Waals surface area contributed by atoms with Crippen LogP contribution in [0.3, 0.4) is 0 Å². The van der Waals surface area contributed by atoms with E-state index in [-0.39, 0.29) is 10.8 Å². The minimum Gasteiger partial charge on any atom is -0.493 e. The van der Waals surface area contributed by atoms with Crippen molar-refractivity contribution in [2.75, 3.05) is 22.8 Å². The molecule has 0 bridgehead atoms. The summed E-state index contributed by atoms with van der Waals surface area (Å²) < 4.78 is 33.9. The third kappa shape index (κ3) is 3.78. The smallest absolute Gasteiger partial charge is 0.261 e. The summed E-state index contributed by atoms with van der Waals surface area (Å²) in [6.07, 6.45) is 0.777. The Labute approximate surface area is 160 Å². The molecule has 0 atom stereocenters. The molecule has 0 radical (unpaired) electrons. The number of aryl methyl sites for hydroxylation is 2. The van der Waals surface area contributed by atoms with Gasteiger partial charge in [-0.3, -0.25) is 9.52 Å². The molecule has 1 aliphatic rings. The highest BCUT2D eigenvalue weighted by atomic mass is 32.2.